The molecule has 4 nitrogen and oxygen atoms in total. The van der Waals surface area contributed by atoms with E-state index in [0.29, 0.717) is 0 Å². The van der Waals surface area contributed by atoms with Gasteiger partial charge in [0.2, 0.25) is 0 Å². The summed E-state index contributed by atoms with van der Waals surface area (Å²) < 4.78 is 0. The summed E-state index contributed by atoms with van der Waals surface area (Å²) in [5.74, 6) is -0.0317. The number of thiazole rings is 1. The fourth-order valence-electron chi connectivity index (χ4n) is 2.66. The van der Waals surface area contributed by atoms with Gasteiger partial charge in [-0.05, 0) is 44.4 Å². The van der Waals surface area contributed by atoms with E-state index in [-0.39, 0.29) is 30.7 Å². The van der Waals surface area contributed by atoms with Crippen molar-refractivity contribution in [2.75, 3.05) is 11.9 Å². The topological polar surface area (TPSA) is 54.0 Å². The molecule has 0 saturated heterocycles. The van der Waals surface area contributed by atoms with Gasteiger partial charge in [0.1, 0.15) is 5.01 Å². The molecule has 1 aromatic heterocycles. The Kier molecular flexibility index (Phi) is 6.86. The maximum Gasteiger partial charge on any atom is 0.252 e. The zero-order chi connectivity index (χ0) is 14.9. The lowest BCUT2D eigenvalue weighted by Crippen LogP contribution is -2.41. The Balaban J connectivity index is 0.00000132. The summed E-state index contributed by atoms with van der Waals surface area (Å²) in [5.41, 5.74) is 2.51. The van der Waals surface area contributed by atoms with Crippen LogP contribution in [0.4, 0.5) is 5.69 Å². The average Bonchev–Trinajstić information content (AvgIpc) is 3.01. The smallest absolute Gasteiger partial charge is 0.252 e. The predicted octanol–water partition coefficient (Wildman–Crippen LogP) is 4.01. The summed E-state index contributed by atoms with van der Waals surface area (Å²) in [6, 6.07) is 5.87. The summed E-state index contributed by atoms with van der Waals surface area (Å²) in [4.78, 5) is 17.0. The van der Waals surface area contributed by atoms with E-state index in [1.807, 2.05) is 37.4 Å². The number of amides is 1. The fraction of sp³-hybridized carbons (Fsp3) is 0.375. The van der Waals surface area contributed by atoms with Crippen LogP contribution in [0.5, 0.6) is 0 Å². The van der Waals surface area contributed by atoms with Gasteiger partial charge in [0.05, 0.1) is 5.54 Å². The lowest BCUT2D eigenvalue weighted by Gasteiger charge is -2.26. The first-order chi connectivity index (χ1) is 10.1. The van der Waals surface area contributed by atoms with Crippen molar-refractivity contribution in [1.29, 1.82) is 0 Å². The van der Waals surface area contributed by atoms with Crippen LogP contribution < -0.4 is 10.6 Å². The molecule has 0 fully saturated rings. The Hall–Kier alpha value is -1.30. The van der Waals surface area contributed by atoms with Gasteiger partial charge >= 0.3 is 0 Å². The minimum Gasteiger partial charge on any atom is -0.385 e. The van der Waals surface area contributed by atoms with Crippen molar-refractivity contribution in [2.45, 2.75) is 32.2 Å². The first-order valence-electron chi connectivity index (χ1n) is 7.16. The number of nitrogens with one attached hydrogen (secondary N) is 2. The van der Waals surface area contributed by atoms with E-state index in [1.54, 1.807) is 17.5 Å². The van der Waals surface area contributed by atoms with E-state index in [2.05, 4.69) is 15.6 Å². The minimum absolute atomic E-state index is 0. The Morgan fingerprint density at radius 3 is 2.83 bits per heavy atom. The van der Waals surface area contributed by atoms with E-state index >= 15 is 0 Å². The quantitative estimate of drug-likeness (QED) is 0.854. The fourth-order valence-corrected chi connectivity index (χ4v) is 3.38. The van der Waals surface area contributed by atoms with Crippen molar-refractivity contribution in [3.63, 3.8) is 0 Å². The third-order valence-corrected chi connectivity index (χ3v) is 4.83. The lowest BCUT2D eigenvalue weighted by molar-refractivity contribution is 0.0911. The summed E-state index contributed by atoms with van der Waals surface area (Å²) in [7, 11) is 0. The maximum atomic E-state index is 12.7. The van der Waals surface area contributed by atoms with E-state index in [0.717, 1.165) is 41.2 Å². The van der Waals surface area contributed by atoms with Crippen molar-refractivity contribution in [1.82, 2.24) is 10.3 Å². The van der Waals surface area contributed by atoms with Crippen LogP contribution in [0.2, 0.25) is 0 Å². The summed E-state index contributed by atoms with van der Waals surface area (Å²) in [5, 5.41) is 9.31. The number of carbonyl (C=O) groups excluding carboxylic acids is 1. The second-order valence-electron chi connectivity index (χ2n) is 5.78. The van der Waals surface area contributed by atoms with Crippen molar-refractivity contribution in [3.05, 3.63) is 45.9 Å². The Morgan fingerprint density at radius 1 is 1.35 bits per heavy atom. The first-order valence-corrected chi connectivity index (χ1v) is 8.04. The normalized spacial score (nSPS) is 13.0. The van der Waals surface area contributed by atoms with E-state index in [1.165, 1.54) is 0 Å². The number of rotatable bonds is 3. The van der Waals surface area contributed by atoms with Crippen LogP contribution >= 0.6 is 36.2 Å². The standard InChI is InChI=1S/C16H19N3OS.2ClH/c1-16(2,15-18-9-10-21-15)19-14(20)12-5-3-7-13-11(12)6-4-8-17-13;;/h3,5,7,9-10,17H,4,6,8H2,1-2H3,(H,19,20);2*1H. The molecule has 126 valence electrons. The summed E-state index contributed by atoms with van der Waals surface area (Å²) in [6.07, 6.45) is 3.78. The van der Waals surface area contributed by atoms with Crippen LogP contribution in [-0.4, -0.2) is 17.4 Å². The van der Waals surface area contributed by atoms with Crippen molar-refractivity contribution in [3.8, 4) is 0 Å². The van der Waals surface area contributed by atoms with Crippen LogP contribution in [0, 0.1) is 0 Å². The van der Waals surface area contributed by atoms with Crippen LogP contribution in [0.15, 0.2) is 29.8 Å². The molecule has 0 saturated carbocycles. The second-order valence-corrected chi connectivity index (χ2v) is 6.67. The highest BCUT2D eigenvalue weighted by molar-refractivity contribution is 7.09. The Morgan fingerprint density at radius 2 is 2.13 bits per heavy atom. The maximum absolute atomic E-state index is 12.7. The summed E-state index contributed by atoms with van der Waals surface area (Å²) >= 11 is 1.56. The second kappa shape index (κ2) is 7.99. The molecule has 0 bridgehead atoms. The molecule has 0 radical (unpaired) electrons. The molecule has 2 heterocycles. The molecule has 0 aliphatic carbocycles. The van der Waals surface area contributed by atoms with Gasteiger partial charge in [0, 0.05) is 29.4 Å². The van der Waals surface area contributed by atoms with Crippen molar-refractivity contribution < 1.29 is 4.79 Å². The molecular weight excluding hydrogens is 353 g/mol. The van der Waals surface area contributed by atoms with Crippen LogP contribution in [0.3, 0.4) is 0 Å². The molecular formula is C16H21Cl2N3OS. The number of hydrogen-bond acceptors (Lipinski definition) is 4. The highest BCUT2D eigenvalue weighted by atomic mass is 35.5. The van der Waals surface area contributed by atoms with Gasteiger partial charge in [-0.3, -0.25) is 4.79 Å². The monoisotopic (exact) mass is 373 g/mol. The highest BCUT2D eigenvalue weighted by Crippen LogP contribution is 2.27. The number of hydrogen-bond donors (Lipinski definition) is 2. The molecule has 7 heteroatoms. The van der Waals surface area contributed by atoms with Gasteiger partial charge in [-0.2, -0.15) is 0 Å². The Bertz CT molecular complexity index is 659. The van der Waals surface area contributed by atoms with E-state index in [9.17, 15) is 4.79 Å². The lowest BCUT2D eigenvalue weighted by atomic mass is 9.96. The highest BCUT2D eigenvalue weighted by Gasteiger charge is 2.27. The van der Waals surface area contributed by atoms with Crippen LogP contribution in [0.25, 0.3) is 0 Å². The number of carbonyl (C=O) groups is 1. The third-order valence-electron chi connectivity index (χ3n) is 3.73. The first kappa shape index (κ1) is 19.7. The number of anilines is 1. The molecule has 23 heavy (non-hydrogen) atoms. The van der Waals surface area contributed by atoms with Gasteiger partial charge in [-0.1, -0.05) is 6.07 Å². The minimum atomic E-state index is -0.462. The third kappa shape index (κ3) is 4.16. The van der Waals surface area contributed by atoms with E-state index in [4.69, 9.17) is 0 Å². The van der Waals surface area contributed by atoms with Crippen molar-refractivity contribution >= 4 is 47.7 Å². The zero-order valence-electron chi connectivity index (χ0n) is 13.1. The van der Waals surface area contributed by atoms with Gasteiger partial charge in [0.25, 0.3) is 5.91 Å². The number of fused-ring (bicyclic) bond motifs is 1. The molecule has 1 aromatic carbocycles. The number of aromatic nitrogens is 1. The molecule has 3 rings (SSSR count). The van der Waals surface area contributed by atoms with Gasteiger partial charge in [-0.25, -0.2) is 4.98 Å². The van der Waals surface area contributed by atoms with Crippen molar-refractivity contribution in [2.24, 2.45) is 0 Å². The van der Waals surface area contributed by atoms with Gasteiger partial charge in [0.15, 0.2) is 0 Å². The van der Waals surface area contributed by atoms with Crippen LogP contribution in [-0.2, 0) is 12.0 Å². The molecule has 1 amide bonds. The number of nitrogens with zero attached hydrogens (tertiary/aromatic N) is 1. The van der Waals surface area contributed by atoms with Gasteiger partial charge < -0.3 is 10.6 Å². The molecule has 1 aliphatic heterocycles. The molecule has 2 N–H and O–H groups in total. The zero-order valence-corrected chi connectivity index (χ0v) is 15.5. The molecule has 1 aliphatic rings. The SMILES string of the molecule is CC(C)(NC(=O)c1cccc2c1CCCN2)c1nccs1.Cl.Cl. The van der Waals surface area contributed by atoms with Crippen LogP contribution in [0.1, 0.15) is 41.2 Å². The number of halogens is 2. The molecule has 0 atom stereocenters. The van der Waals surface area contributed by atoms with Gasteiger partial charge in [-0.15, -0.1) is 36.2 Å². The number of benzene rings is 1. The molecule has 0 spiro atoms. The predicted molar refractivity (Wildman–Crippen MR) is 100 cm³/mol. The molecule has 0 unspecified atom stereocenters. The summed E-state index contributed by atoms with van der Waals surface area (Å²) in [6.45, 7) is 4.94. The molecule has 2 aromatic rings. The average molecular weight is 374 g/mol. The van der Waals surface area contributed by atoms with E-state index < -0.39 is 5.54 Å². The Labute approximate surface area is 152 Å². The largest absolute Gasteiger partial charge is 0.385 e.